The molecule has 8 heteroatoms. The van der Waals surface area contributed by atoms with Crippen molar-refractivity contribution < 1.29 is 13.9 Å². The zero-order valence-corrected chi connectivity index (χ0v) is 15.7. The highest BCUT2D eigenvalue weighted by atomic mass is 19.1. The predicted molar refractivity (Wildman–Crippen MR) is 99.8 cm³/mol. The largest absolute Gasteiger partial charge is 0.450 e. The van der Waals surface area contributed by atoms with E-state index in [4.69, 9.17) is 10.5 Å². The molecule has 0 fully saturated rings. The first-order chi connectivity index (χ1) is 13.9. The van der Waals surface area contributed by atoms with Gasteiger partial charge in [0.2, 0.25) is 0 Å². The van der Waals surface area contributed by atoms with Crippen molar-refractivity contribution in [2.45, 2.75) is 12.8 Å². The first kappa shape index (κ1) is 19.9. The molecule has 0 unspecified atom stereocenters. The van der Waals surface area contributed by atoms with Crippen LogP contribution in [0.4, 0.5) is 9.18 Å². The number of ether oxygens (including phenoxy) is 1. The Morgan fingerprint density at radius 1 is 1.38 bits per heavy atom. The van der Waals surface area contributed by atoms with Crippen LogP contribution in [-0.4, -0.2) is 30.7 Å². The molecule has 3 rings (SSSR count). The van der Waals surface area contributed by atoms with Crippen molar-refractivity contribution in [2.75, 3.05) is 19.7 Å². The van der Waals surface area contributed by atoms with Crippen LogP contribution in [0.5, 0.6) is 0 Å². The minimum absolute atomic E-state index is 0.0641. The minimum atomic E-state index is -1.88. The van der Waals surface area contributed by atoms with E-state index in [2.05, 4.69) is 0 Å². The summed E-state index contributed by atoms with van der Waals surface area (Å²) in [6.07, 6.45) is 1.14. The van der Waals surface area contributed by atoms with Gasteiger partial charge < -0.3 is 15.4 Å². The molecule has 0 saturated heterocycles. The van der Waals surface area contributed by atoms with Crippen LogP contribution in [0.1, 0.15) is 18.4 Å². The number of carbonyl (C=O) groups is 1. The first-order valence-electron chi connectivity index (χ1n) is 9.03. The molecule has 0 spiro atoms. The fourth-order valence-electron chi connectivity index (χ4n) is 4.12. The van der Waals surface area contributed by atoms with E-state index in [9.17, 15) is 25.0 Å². The minimum Gasteiger partial charge on any atom is -0.450 e. The monoisotopic (exact) mass is 391 g/mol. The summed E-state index contributed by atoms with van der Waals surface area (Å²) in [5.74, 6) is -1.99. The second kappa shape index (κ2) is 7.66. The number of nitrogens with two attached hydrogens (primary N) is 1. The number of carbonyl (C=O) groups excluding carboxylic acids is 1. The van der Waals surface area contributed by atoms with Crippen LogP contribution in [0.25, 0.3) is 0 Å². The molecule has 146 valence electrons. The normalized spacial score (nSPS) is 22.4. The average Bonchev–Trinajstić information content (AvgIpc) is 2.73. The molecule has 29 heavy (non-hydrogen) atoms. The SMILES string of the molecule is CCOC(=O)N1CC=C2C(C#N)=C(N)C(C#N)(C#N)[C@H](c3cccc(F)c3)[C@@H]2C1. The van der Waals surface area contributed by atoms with E-state index >= 15 is 0 Å². The highest BCUT2D eigenvalue weighted by Gasteiger charge is 2.54. The van der Waals surface area contributed by atoms with Crippen molar-refractivity contribution in [3.8, 4) is 18.2 Å². The Hall–Kier alpha value is -3.83. The number of nitriles is 3. The second-order valence-electron chi connectivity index (χ2n) is 6.83. The molecule has 0 saturated carbocycles. The number of benzene rings is 1. The van der Waals surface area contributed by atoms with Gasteiger partial charge in [-0.05, 0) is 30.2 Å². The third kappa shape index (κ3) is 3.07. The number of amides is 1. The molecule has 1 aliphatic carbocycles. The van der Waals surface area contributed by atoms with Gasteiger partial charge in [-0.3, -0.25) is 0 Å². The van der Waals surface area contributed by atoms with E-state index in [1.165, 1.54) is 23.1 Å². The Labute approximate surface area is 167 Å². The van der Waals surface area contributed by atoms with E-state index in [0.29, 0.717) is 11.1 Å². The highest BCUT2D eigenvalue weighted by Crippen LogP contribution is 2.54. The Kier molecular flexibility index (Phi) is 5.26. The van der Waals surface area contributed by atoms with Gasteiger partial charge in [0.1, 0.15) is 11.9 Å². The fraction of sp³-hybridized carbons (Fsp3) is 0.333. The molecule has 1 aromatic carbocycles. The van der Waals surface area contributed by atoms with Gasteiger partial charge in [0.05, 0.1) is 30.0 Å². The van der Waals surface area contributed by atoms with Crippen LogP contribution in [-0.2, 0) is 4.74 Å². The molecule has 7 nitrogen and oxygen atoms in total. The molecule has 1 amide bonds. The number of hydrogen-bond acceptors (Lipinski definition) is 6. The summed E-state index contributed by atoms with van der Waals surface area (Å²) in [5, 5.41) is 29.6. The van der Waals surface area contributed by atoms with Crippen molar-refractivity contribution in [1.82, 2.24) is 4.90 Å². The average molecular weight is 391 g/mol. The third-order valence-corrected chi connectivity index (χ3v) is 5.40. The lowest BCUT2D eigenvalue weighted by molar-refractivity contribution is 0.0999. The lowest BCUT2D eigenvalue weighted by Crippen LogP contribution is -2.49. The van der Waals surface area contributed by atoms with Gasteiger partial charge in [0.15, 0.2) is 5.41 Å². The third-order valence-electron chi connectivity index (χ3n) is 5.40. The van der Waals surface area contributed by atoms with Crippen molar-refractivity contribution >= 4 is 6.09 Å². The van der Waals surface area contributed by atoms with Crippen LogP contribution in [0.15, 0.2) is 47.2 Å². The van der Waals surface area contributed by atoms with Crippen molar-refractivity contribution in [3.63, 3.8) is 0 Å². The number of hydrogen-bond donors (Lipinski definition) is 1. The Balaban J connectivity index is 2.24. The van der Waals surface area contributed by atoms with E-state index < -0.39 is 29.2 Å². The number of fused-ring (bicyclic) bond motifs is 1. The molecule has 2 aliphatic rings. The lowest BCUT2D eigenvalue weighted by Gasteiger charge is -2.45. The van der Waals surface area contributed by atoms with Crippen LogP contribution in [0.2, 0.25) is 0 Å². The maximum atomic E-state index is 14.0. The second-order valence-corrected chi connectivity index (χ2v) is 6.83. The summed E-state index contributed by atoms with van der Waals surface area (Å²) in [4.78, 5) is 13.7. The fourth-order valence-corrected chi connectivity index (χ4v) is 4.12. The van der Waals surface area contributed by atoms with Crippen LogP contribution in [0, 0.1) is 51.1 Å². The summed E-state index contributed by atoms with van der Waals surface area (Å²) in [6, 6.07) is 11.6. The van der Waals surface area contributed by atoms with Gasteiger partial charge in [0.25, 0.3) is 0 Å². The molecular formula is C21H18FN5O2. The van der Waals surface area contributed by atoms with Gasteiger partial charge in [-0.15, -0.1) is 0 Å². The topological polar surface area (TPSA) is 127 Å². The molecule has 1 heterocycles. The first-order valence-corrected chi connectivity index (χ1v) is 9.03. The van der Waals surface area contributed by atoms with Gasteiger partial charge in [-0.1, -0.05) is 18.2 Å². The Bertz CT molecular complexity index is 1030. The molecule has 2 N–H and O–H groups in total. The van der Waals surface area contributed by atoms with Crippen LogP contribution < -0.4 is 5.73 Å². The maximum absolute atomic E-state index is 14.0. The quantitative estimate of drug-likeness (QED) is 0.826. The van der Waals surface area contributed by atoms with Gasteiger partial charge in [-0.2, -0.15) is 15.8 Å². The van der Waals surface area contributed by atoms with Crippen LogP contribution in [0.3, 0.4) is 0 Å². The number of nitrogens with zero attached hydrogens (tertiary/aromatic N) is 4. The molecular weight excluding hydrogens is 373 g/mol. The smallest absolute Gasteiger partial charge is 0.410 e. The molecule has 0 aromatic heterocycles. The van der Waals surface area contributed by atoms with Crippen molar-refractivity contribution in [3.05, 3.63) is 58.6 Å². The van der Waals surface area contributed by atoms with Crippen LogP contribution >= 0.6 is 0 Å². The lowest BCUT2D eigenvalue weighted by atomic mass is 9.58. The van der Waals surface area contributed by atoms with Gasteiger partial charge >= 0.3 is 6.09 Å². The number of allylic oxidation sites excluding steroid dienone is 2. The summed E-state index contributed by atoms with van der Waals surface area (Å²) in [5.41, 5.74) is 5.17. The summed E-state index contributed by atoms with van der Waals surface area (Å²) in [6.45, 7) is 2.19. The van der Waals surface area contributed by atoms with E-state index in [0.717, 1.165) is 0 Å². The van der Waals surface area contributed by atoms with Crippen molar-refractivity contribution in [1.29, 1.82) is 15.8 Å². The molecule has 1 aromatic rings. The molecule has 2 atom stereocenters. The summed E-state index contributed by atoms with van der Waals surface area (Å²) >= 11 is 0. The van der Waals surface area contributed by atoms with Crippen molar-refractivity contribution in [2.24, 2.45) is 17.1 Å². The molecule has 0 bridgehead atoms. The number of rotatable bonds is 2. The predicted octanol–water partition coefficient (Wildman–Crippen LogP) is 2.71. The zero-order valence-electron chi connectivity index (χ0n) is 15.7. The standard InChI is InChI=1S/C21H18FN5O2/c1-2-29-20(28)27-7-6-15-16(9-23)19(26)21(11-24,12-25)18(17(15)10-27)13-4-3-5-14(22)8-13/h3-6,8,17-18H,2,7,10,26H2,1H3/t17-,18-/m1/s1. The van der Waals surface area contributed by atoms with E-state index in [1.807, 2.05) is 18.2 Å². The number of halogens is 1. The van der Waals surface area contributed by atoms with E-state index in [-0.39, 0.29) is 31.0 Å². The maximum Gasteiger partial charge on any atom is 0.410 e. The zero-order chi connectivity index (χ0) is 21.2. The summed E-state index contributed by atoms with van der Waals surface area (Å²) < 4.78 is 19.1. The van der Waals surface area contributed by atoms with E-state index in [1.54, 1.807) is 19.1 Å². The molecule has 1 aliphatic heterocycles. The Morgan fingerprint density at radius 2 is 2.10 bits per heavy atom. The highest BCUT2D eigenvalue weighted by molar-refractivity contribution is 5.69. The summed E-state index contributed by atoms with van der Waals surface area (Å²) in [7, 11) is 0. The van der Waals surface area contributed by atoms with Gasteiger partial charge in [-0.25, -0.2) is 9.18 Å². The van der Waals surface area contributed by atoms with Gasteiger partial charge in [0, 0.05) is 24.9 Å². The Morgan fingerprint density at radius 3 is 2.69 bits per heavy atom. The molecule has 0 radical (unpaired) electrons.